The van der Waals surface area contributed by atoms with Gasteiger partial charge in [-0.2, -0.15) is 0 Å². The molecule has 2 aromatic rings. The molecular formula is C22H23N3O5. The van der Waals surface area contributed by atoms with Gasteiger partial charge in [0.25, 0.3) is 5.91 Å². The van der Waals surface area contributed by atoms with Crippen molar-refractivity contribution >= 4 is 29.4 Å². The second-order valence-electron chi connectivity index (χ2n) is 6.89. The van der Waals surface area contributed by atoms with E-state index in [0.29, 0.717) is 18.7 Å². The third-order valence-corrected chi connectivity index (χ3v) is 4.62. The molecule has 1 fully saturated rings. The lowest BCUT2D eigenvalue weighted by molar-refractivity contribution is -0.130. The molecule has 0 spiro atoms. The second kappa shape index (κ2) is 9.69. The fourth-order valence-corrected chi connectivity index (χ4v) is 2.93. The number of rotatable bonds is 7. The number of anilines is 1. The van der Waals surface area contributed by atoms with E-state index in [1.54, 1.807) is 0 Å². The summed E-state index contributed by atoms with van der Waals surface area (Å²) < 4.78 is 5.22. The summed E-state index contributed by atoms with van der Waals surface area (Å²) >= 11 is 0. The topological polar surface area (TPSA) is 105 Å². The molecule has 1 atom stereocenters. The lowest BCUT2D eigenvalue weighted by Crippen LogP contribution is -2.50. The van der Waals surface area contributed by atoms with Crippen molar-refractivity contribution in [3.8, 4) is 0 Å². The van der Waals surface area contributed by atoms with Gasteiger partial charge in [0.05, 0.1) is 11.3 Å². The molecule has 156 valence electrons. The Kier molecular flexibility index (Phi) is 6.79. The molecule has 1 unspecified atom stereocenters. The van der Waals surface area contributed by atoms with E-state index in [0.717, 1.165) is 10.6 Å². The molecule has 3 amide bonds. The van der Waals surface area contributed by atoms with Crippen molar-refractivity contribution in [2.75, 3.05) is 11.6 Å². The first-order chi connectivity index (χ1) is 14.4. The van der Waals surface area contributed by atoms with Crippen molar-refractivity contribution in [3.63, 3.8) is 0 Å². The molecule has 3 rings (SSSR count). The van der Waals surface area contributed by atoms with Crippen LogP contribution in [0.4, 0.5) is 5.69 Å². The van der Waals surface area contributed by atoms with E-state index in [-0.39, 0.29) is 36.1 Å². The molecule has 2 N–H and O–H groups in total. The molecule has 0 aromatic heterocycles. The van der Waals surface area contributed by atoms with E-state index in [9.17, 15) is 19.2 Å². The highest BCUT2D eigenvalue weighted by Gasteiger charge is 2.25. The van der Waals surface area contributed by atoms with Crippen molar-refractivity contribution in [3.05, 3.63) is 65.7 Å². The number of benzene rings is 2. The lowest BCUT2D eigenvalue weighted by atomic mass is 10.1. The average Bonchev–Trinajstić information content (AvgIpc) is 2.76. The fourth-order valence-electron chi connectivity index (χ4n) is 2.93. The molecule has 0 bridgehead atoms. The summed E-state index contributed by atoms with van der Waals surface area (Å²) in [6, 6.07) is 15.8. The summed E-state index contributed by atoms with van der Waals surface area (Å²) in [7, 11) is 0. The molecule has 8 heteroatoms. The molecular weight excluding hydrogens is 386 g/mol. The van der Waals surface area contributed by atoms with Crippen LogP contribution in [0, 0.1) is 0 Å². The van der Waals surface area contributed by atoms with Crippen LogP contribution in [0.25, 0.3) is 0 Å². The van der Waals surface area contributed by atoms with Gasteiger partial charge >= 0.3 is 5.97 Å². The van der Waals surface area contributed by atoms with Crippen LogP contribution in [0.1, 0.15) is 35.7 Å². The monoisotopic (exact) mass is 409 g/mol. The summed E-state index contributed by atoms with van der Waals surface area (Å²) in [4.78, 5) is 47.9. The van der Waals surface area contributed by atoms with Gasteiger partial charge in [0, 0.05) is 19.4 Å². The standard InChI is InChI=1S/C22H23N3O5/c1-15(21(28)23-14-13-16-5-3-2-4-6-16)30-22(29)17-7-9-18(10-8-17)25-20(27)12-11-19(26)24-25/h2-10,15H,11-14H2,1H3,(H,23,28)(H,24,26). The zero-order chi connectivity index (χ0) is 21.5. The summed E-state index contributed by atoms with van der Waals surface area (Å²) in [5.74, 6) is -1.50. The normalized spacial score (nSPS) is 14.6. The number of carbonyl (C=O) groups is 4. The molecule has 1 aliphatic heterocycles. The minimum Gasteiger partial charge on any atom is -0.449 e. The number of hydrogen-bond donors (Lipinski definition) is 2. The van der Waals surface area contributed by atoms with Gasteiger partial charge in [-0.1, -0.05) is 30.3 Å². The maximum atomic E-state index is 12.3. The van der Waals surface area contributed by atoms with E-state index >= 15 is 0 Å². The van der Waals surface area contributed by atoms with Crippen molar-refractivity contribution in [1.82, 2.24) is 10.7 Å². The first-order valence-corrected chi connectivity index (χ1v) is 9.69. The summed E-state index contributed by atoms with van der Waals surface area (Å²) in [6.45, 7) is 1.95. The van der Waals surface area contributed by atoms with Crippen LogP contribution < -0.4 is 15.8 Å². The Balaban J connectivity index is 1.50. The van der Waals surface area contributed by atoms with E-state index in [2.05, 4.69) is 10.7 Å². The number of ether oxygens (including phenoxy) is 1. The number of hydrazine groups is 1. The number of amides is 3. The Morgan fingerprint density at radius 1 is 1.07 bits per heavy atom. The highest BCUT2D eigenvalue weighted by Crippen LogP contribution is 2.18. The van der Waals surface area contributed by atoms with Crippen molar-refractivity contribution in [2.24, 2.45) is 0 Å². The number of carbonyl (C=O) groups excluding carboxylic acids is 4. The summed E-state index contributed by atoms with van der Waals surface area (Å²) in [5.41, 5.74) is 4.26. The first kappa shape index (κ1) is 21.0. The molecule has 30 heavy (non-hydrogen) atoms. The van der Waals surface area contributed by atoms with Gasteiger partial charge in [-0.3, -0.25) is 19.8 Å². The number of hydrogen-bond acceptors (Lipinski definition) is 5. The molecule has 0 aliphatic carbocycles. The van der Waals surface area contributed by atoms with E-state index in [1.807, 2.05) is 30.3 Å². The smallest absolute Gasteiger partial charge is 0.338 e. The van der Waals surface area contributed by atoms with Crippen molar-refractivity contribution in [2.45, 2.75) is 32.3 Å². The number of nitrogens with zero attached hydrogens (tertiary/aromatic N) is 1. The SMILES string of the molecule is CC(OC(=O)c1ccc(N2NC(=O)CCC2=O)cc1)C(=O)NCCc1ccccc1. The molecule has 1 aliphatic rings. The van der Waals surface area contributed by atoms with Crippen LogP contribution in [-0.2, 0) is 25.5 Å². The average molecular weight is 409 g/mol. The Morgan fingerprint density at radius 2 is 1.77 bits per heavy atom. The zero-order valence-corrected chi connectivity index (χ0v) is 16.6. The van der Waals surface area contributed by atoms with Gasteiger partial charge < -0.3 is 10.1 Å². The molecule has 1 saturated heterocycles. The van der Waals surface area contributed by atoms with E-state index in [1.165, 1.54) is 31.2 Å². The third kappa shape index (κ3) is 5.44. The lowest BCUT2D eigenvalue weighted by Gasteiger charge is -2.27. The predicted molar refractivity (Wildman–Crippen MR) is 109 cm³/mol. The molecule has 8 nitrogen and oxygen atoms in total. The zero-order valence-electron chi connectivity index (χ0n) is 16.6. The number of esters is 1. The van der Waals surface area contributed by atoms with Crippen LogP contribution >= 0.6 is 0 Å². The fraction of sp³-hybridized carbons (Fsp3) is 0.273. The minimum absolute atomic E-state index is 0.131. The maximum absolute atomic E-state index is 12.3. The Labute approximate surface area is 174 Å². The predicted octanol–water partition coefficient (Wildman–Crippen LogP) is 1.75. The molecule has 0 saturated carbocycles. The van der Waals surface area contributed by atoms with Gasteiger partial charge in [0.15, 0.2) is 6.10 Å². The Morgan fingerprint density at radius 3 is 2.47 bits per heavy atom. The molecule has 0 radical (unpaired) electrons. The van der Waals surface area contributed by atoms with Gasteiger partial charge in [0.1, 0.15) is 0 Å². The van der Waals surface area contributed by atoms with Crippen molar-refractivity contribution in [1.29, 1.82) is 0 Å². The van der Waals surface area contributed by atoms with Crippen LogP contribution in [0.2, 0.25) is 0 Å². The first-order valence-electron chi connectivity index (χ1n) is 9.69. The summed E-state index contributed by atoms with van der Waals surface area (Å²) in [5, 5.41) is 3.90. The largest absolute Gasteiger partial charge is 0.449 e. The van der Waals surface area contributed by atoms with Gasteiger partial charge in [-0.15, -0.1) is 0 Å². The highest BCUT2D eigenvalue weighted by molar-refractivity contribution is 6.01. The maximum Gasteiger partial charge on any atom is 0.338 e. The van der Waals surface area contributed by atoms with Crippen LogP contribution in [0.5, 0.6) is 0 Å². The van der Waals surface area contributed by atoms with Crippen LogP contribution in [-0.4, -0.2) is 36.3 Å². The van der Waals surface area contributed by atoms with Gasteiger partial charge in [0.2, 0.25) is 11.8 Å². The quantitative estimate of drug-likeness (QED) is 0.678. The summed E-state index contributed by atoms with van der Waals surface area (Å²) in [6.07, 6.45) is 0.0220. The third-order valence-electron chi connectivity index (χ3n) is 4.62. The van der Waals surface area contributed by atoms with E-state index < -0.39 is 12.1 Å². The van der Waals surface area contributed by atoms with Crippen LogP contribution in [0.3, 0.4) is 0 Å². The van der Waals surface area contributed by atoms with E-state index in [4.69, 9.17) is 4.74 Å². The van der Waals surface area contributed by atoms with Gasteiger partial charge in [-0.05, 0) is 43.2 Å². The van der Waals surface area contributed by atoms with Gasteiger partial charge in [-0.25, -0.2) is 9.80 Å². The number of nitrogens with one attached hydrogen (secondary N) is 2. The molecule has 2 aromatic carbocycles. The second-order valence-corrected chi connectivity index (χ2v) is 6.89. The van der Waals surface area contributed by atoms with Crippen molar-refractivity contribution < 1.29 is 23.9 Å². The minimum atomic E-state index is -0.948. The Bertz CT molecular complexity index is 928. The molecule has 1 heterocycles. The van der Waals surface area contributed by atoms with Crippen LogP contribution in [0.15, 0.2) is 54.6 Å². The highest BCUT2D eigenvalue weighted by atomic mass is 16.5. The Hall–Kier alpha value is -3.68.